The summed E-state index contributed by atoms with van der Waals surface area (Å²) in [5, 5.41) is 0.525. The molecule has 0 N–H and O–H groups in total. The quantitative estimate of drug-likeness (QED) is 0.678. The molecule has 2 aromatic carbocycles. The molecule has 1 aromatic heterocycles. The highest BCUT2D eigenvalue weighted by atomic mass is 16.5. The highest BCUT2D eigenvalue weighted by Gasteiger charge is 2.11. The van der Waals surface area contributed by atoms with E-state index in [0.29, 0.717) is 28.8 Å². The van der Waals surface area contributed by atoms with Gasteiger partial charge >= 0.3 is 0 Å². The molecular formula is C19H18N2O3. The summed E-state index contributed by atoms with van der Waals surface area (Å²) in [6.07, 6.45) is 1.43. The van der Waals surface area contributed by atoms with Crippen molar-refractivity contribution < 1.29 is 9.53 Å². The van der Waals surface area contributed by atoms with Crippen LogP contribution in [0.2, 0.25) is 0 Å². The largest absolute Gasteiger partial charge is 0.494 e. The number of ketones is 1. The number of aryl methyl sites for hydroxylation is 1. The molecule has 3 aromatic rings. The van der Waals surface area contributed by atoms with Crippen molar-refractivity contribution in [2.75, 3.05) is 6.61 Å². The Labute approximate surface area is 139 Å². The molecule has 0 fully saturated rings. The Morgan fingerprint density at radius 3 is 2.62 bits per heavy atom. The van der Waals surface area contributed by atoms with Crippen molar-refractivity contribution in [1.82, 2.24) is 9.55 Å². The summed E-state index contributed by atoms with van der Waals surface area (Å²) in [5.74, 6) is 0.572. The molecule has 1 heterocycles. The summed E-state index contributed by atoms with van der Waals surface area (Å²) in [4.78, 5) is 29.3. The van der Waals surface area contributed by atoms with Crippen LogP contribution < -0.4 is 10.3 Å². The fourth-order valence-corrected chi connectivity index (χ4v) is 2.60. The first-order chi connectivity index (χ1) is 11.6. The minimum absolute atomic E-state index is 0.0380. The fraction of sp³-hybridized carbons (Fsp3) is 0.211. The normalized spacial score (nSPS) is 10.8. The van der Waals surface area contributed by atoms with E-state index in [0.717, 1.165) is 5.56 Å². The second-order valence-corrected chi connectivity index (χ2v) is 5.53. The van der Waals surface area contributed by atoms with Gasteiger partial charge in [0.1, 0.15) is 5.75 Å². The van der Waals surface area contributed by atoms with Gasteiger partial charge in [0.2, 0.25) is 0 Å². The minimum Gasteiger partial charge on any atom is -0.494 e. The zero-order valence-corrected chi connectivity index (χ0v) is 13.7. The third-order valence-corrected chi connectivity index (χ3v) is 3.86. The number of rotatable bonds is 5. The van der Waals surface area contributed by atoms with Crippen LogP contribution in [0.15, 0.2) is 53.6 Å². The lowest BCUT2D eigenvalue weighted by atomic mass is 10.1. The van der Waals surface area contributed by atoms with Crippen LogP contribution in [0.1, 0.15) is 22.8 Å². The molecule has 0 aliphatic heterocycles. The van der Waals surface area contributed by atoms with E-state index in [1.165, 1.54) is 10.9 Å². The molecule has 0 saturated heterocycles. The number of nitrogens with zero attached hydrogens (tertiary/aromatic N) is 2. The van der Waals surface area contributed by atoms with Crippen LogP contribution in [0.4, 0.5) is 0 Å². The third-order valence-electron chi connectivity index (χ3n) is 3.86. The SMILES string of the molecule is CCOc1ccc(C(=O)Cn2cnc3c(C)cccc3c2=O)cc1. The van der Waals surface area contributed by atoms with Crippen molar-refractivity contribution >= 4 is 16.7 Å². The highest BCUT2D eigenvalue weighted by molar-refractivity contribution is 5.96. The smallest absolute Gasteiger partial charge is 0.261 e. The predicted molar refractivity (Wildman–Crippen MR) is 92.7 cm³/mol. The molecule has 0 atom stereocenters. The number of benzene rings is 2. The first kappa shape index (κ1) is 15.9. The second-order valence-electron chi connectivity index (χ2n) is 5.53. The van der Waals surface area contributed by atoms with Gasteiger partial charge < -0.3 is 4.74 Å². The standard InChI is InChI=1S/C19H18N2O3/c1-3-24-15-9-7-14(8-10-15)17(22)11-21-12-20-18-13(2)5-4-6-16(18)19(21)23/h4-10,12H,3,11H2,1-2H3. The van der Waals surface area contributed by atoms with Crippen LogP contribution >= 0.6 is 0 Å². The Morgan fingerprint density at radius 1 is 1.17 bits per heavy atom. The van der Waals surface area contributed by atoms with Crippen molar-refractivity contribution in [2.45, 2.75) is 20.4 Å². The van der Waals surface area contributed by atoms with Gasteiger partial charge in [-0.3, -0.25) is 14.2 Å². The van der Waals surface area contributed by atoms with Gasteiger partial charge in [0.15, 0.2) is 5.78 Å². The maximum absolute atomic E-state index is 12.5. The molecule has 5 nitrogen and oxygen atoms in total. The monoisotopic (exact) mass is 322 g/mol. The van der Waals surface area contributed by atoms with Gasteiger partial charge in [-0.05, 0) is 49.7 Å². The molecule has 3 rings (SSSR count). The maximum Gasteiger partial charge on any atom is 0.261 e. The molecule has 122 valence electrons. The molecule has 0 spiro atoms. The Morgan fingerprint density at radius 2 is 1.92 bits per heavy atom. The molecule has 0 unspecified atom stereocenters. The van der Waals surface area contributed by atoms with E-state index >= 15 is 0 Å². The number of hydrogen-bond acceptors (Lipinski definition) is 4. The van der Waals surface area contributed by atoms with Gasteiger partial charge in [-0.25, -0.2) is 4.98 Å². The number of carbonyl (C=O) groups is 1. The lowest BCUT2D eigenvalue weighted by molar-refractivity contribution is 0.0970. The second kappa shape index (κ2) is 6.66. The predicted octanol–water partition coefficient (Wildman–Crippen LogP) is 2.99. The van der Waals surface area contributed by atoms with E-state index in [1.807, 2.05) is 26.0 Å². The van der Waals surface area contributed by atoms with Crippen LogP contribution in [-0.4, -0.2) is 21.9 Å². The number of para-hydroxylation sites is 1. The van der Waals surface area contributed by atoms with Gasteiger partial charge in [-0.2, -0.15) is 0 Å². The van der Waals surface area contributed by atoms with E-state index in [1.54, 1.807) is 30.3 Å². The number of hydrogen-bond donors (Lipinski definition) is 0. The first-order valence-electron chi connectivity index (χ1n) is 7.81. The summed E-state index contributed by atoms with van der Waals surface area (Å²) < 4.78 is 6.71. The number of carbonyl (C=O) groups excluding carboxylic acids is 1. The molecule has 5 heteroatoms. The van der Waals surface area contributed by atoms with E-state index in [-0.39, 0.29) is 17.9 Å². The Bertz CT molecular complexity index is 943. The summed E-state index contributed by atoms with van der Waals surface area (Å²) in [6, 6.07) is 12.4. The fourth-order valence-electron chi connectivity index (χ4n) is 2.60. The molecular weight excluding hydrogens is 304 g/mol. The number of Topliss-reactive ketones (excluding diaryl/α,β-unsaturated/α-hetero) is 1. The van der Waals surface area contributed by atoms with Gasteiger partial charge in [-0.1, -0.05) is 12.1 Å². The zero-order valence-electron chi connectivity index (χ0n) is 13.7. The van der Waals surface area contributed by atoms with Crippen molar-refractivity contribution in [3.05, 3.63) is 70.3 Å². The summed E-state index contributed by atoms with van der Waals surface area (Å²) in [7, 11) is 0. The Hall–Kier alpha value is -2.95. The summed E-state index contributed by atoms with van der Waals surface area (Å²) in [6.45, 7) is 4.35. The van der Waals surface area contributed by atoms with Crippen molar-refractivity contribution in [1.29, 1.82) is 0 Å². The average Bonchev–Trinajstić information content (AvgIpc) is 2.59. The molecule has 0 amide bonds. The van der Waals surface area contributed by atoms with Crippen LogP contribution in [0.5, 0.6) is 5.75 Å². The van der Waals surface area contributed by atoms with Gasteiger partial charge in [0, 0.05) is 5.56 Å². The minimum atomic E-state index is -0.206. The first-order valence-corrected chi connectivity index (χ1v) is 7.81. The Kier molecular flexibility index (Phi) is 4.42. The van der Waals surface area contributed by atoms with Gasteiger partial charge in [-0.15, -0.1) is 0 Å². The number of fused-ring (bicyclic) bond motifs is 1. The van der Waals surface area contributed by atoms with Crippen molar-refractivity contribution in [2.24, 2.45) is 0 Å². The zero-order chi connectivity index (χ0) is 17.1. The topological polar surface area (TPSA) is 61.2 Å². The summed E-state index contributed by atoms with van der Waals surface area (Å²) >= 11 is 0. The highest BCUT2D eigenvalue weighted by Crippen LogP contribution is 2.14. The van der Waals surface area contributed by atoms with Crippen molar-refractivity contribution in [3.8, 4) is 5.75 Å². The van der Waals surface area contributed by atoms with Crippen LogP contribution in [-0.2, 0) is 6.54 Å². The molecule has 0 radical (unpaired) electrons. The number of ether oxygens (including phenoxy) is 1. The van der Waals surface area contributed by atoms with Crippen molar-refractivity contribution in [3.63, 3.8) is 0 Å². The molecule has 0 aliphatic rings. The Balaban J connectivity index is 1.88. The molecule has 24 heavy (non-hydrogen) atoms. The molecule has 0 saturated carbocycles. The lowest BCUT2D eigenvalue weighted by Gasteiger charge is -2.08. The summed E-state index contributed by atoms with van der Waals surface area (Å²) in [5.41, 5.74) is 1.94. The van der Waals surface area contributed by atoms with E-state index < -0.39 is 0 Å². The van der Waals surface area contributed by atoms with Gasteiger partial charge in [0.05, 0.1) is 30.4 Å². The lowest BCUT2D eigenvalue weighted by Crippen LogP contribution is -2.24. The molecule has 0 aliphatic carbocycles. The van der Waals surface area contributed by atoms with Crippen LogP contribution in [0.3, 0.4) is 0 Å². The van der Waals surface area contributed by atoms with Crippen LogP contribution in [0.25, 0.3) is 10.9 Å². The maximum atomic E-state index is 12.5. The van der Waals surface area contributed by atoms with E-state index in [9.17, 15) is 9.59 Å². The van der Waals surface area contributed by atoms with Crippen LogP contribution in [0, 0.1) is 6.92 Å². The molecule has 0 bridgehead atoms. The van der Waals surface area contributed by atoms with Gasteiger partial charge in [0.25, 0.3) is 5.56 Å². The third kappa shape index (κ3) is 3.06. The van der Waals surface area contributed by atoms with E-state index in [4.69, 9.17) is 4.74 Å². The van der Waals surface area contributed by atoms with E-state index in [2.05, 4.69) is 4.98 Å². The average molecular weight is 322 g/mol. The number of aromatic nitrogens is 2.